The summed E-state index contributed by atoms with van der Waals surface area (Å²) in [5.41, 5.74) is 0. The number of carbonyl (C=O) groups is 2. The van der Waals surface area contributed by atoms with E-state index in [1.807, 2.05) is 6.92 Å². The van der Waals surface area contributed by atoms with Crippen LogP contribution in [0.15, 0.2) is 0 Å². The van der Waals surface area contributed by atoms with Gasteiger partial charge in [0.2, 0.25) is 5.91 Å². The lowest BCUT2D eigenvalue weighted by Gasteiger charge is -2.30. The molecule has 1 atom stereocenters. The van der Waals surface area contributed by atoms with E-state index in [1.165, 1.54) is 0 Å². The van der Waals surface area contributed by atoms with Crippen molar-refractivity contribution in [1.82, 2.24) is 10.6 Å². The average Bonchev–Trinajstić information content (AvgIpc) is 2.49. The van der Waals surface area contributed by atoms with Gasteiger partial charge in [-0.3, -0.25) is 9.59 Å². The lowest BCUT2D eigenvalue weighted by atomic mass is 9.86. The Morgan fingerprint density at radius 2 is 2.05 bits per heavy atom. The molecule has 1 aliphatic carbocycles. The molecule has 6 heteroatoms. The van der Waals surface area contributed by atoms with E-state index in [4.69, 9.17) is 9.47 Å². The summed E-state index contributed by atoms with van der Waals surface area (Å²) < 4.78 is 10.3. The molecular weight excluding hydrogens is 260 g/mol. The minimum atomic E-state index is -0.244. The lowest BCUT2D eigenvalue weighted by Crippen LogP contribution is -2.53. The molecule has 2 aliphatic rings. The molecule has 0 radical (unpaired) electrons. The predicted octanol–water partition coefficient (Wildman–Crippen LogP) is 0.213. The monoisotopic (exact) mass is 284 g/mol. The first kappa shape index (κ1) is 15.3. The fraction of sp³-hybridized carbons (Fsp3) is 0.857. The van der Waals surface area contributed by atoms with Gasteiger partial charge in [0.15, 0.2) is 0 Å². The molecular formula is C14H24N2O4. The van der Waals surface area contributed by atoms with Crippen LogP contribution < -0.4 is 10.6 Å². The van der Waals surface area contributed by atoms with Crippen LogP contribution in [0.3, 0.4) is 0 Å². The van der Waals surface area contributed by atoms with Gasteiger partial charge in [0.1, 0.15) is 6.04 Å². The van der Waals surface area contributed by atoms with Gasteiger partial charge in [-0.1, -0.05) is 0 Å². The zero-order valence-corrected chi connectivity index (χ0v) is 12.0. The Hall–Kier alpha value is -1.14. The molecule has 0 aromatic carbocycles. The van der Waals surface area contributed by atoms with Crippen LogP contribution in [0, 0.1) is 5.92 Å². The fourth-order valence-corrected chi connectivity index (χ4v) is 2.77. The van der Waals surface area contributed by atoms with Gasteiger partial charge in [-0.25, -0.2) is 0 Å². The maximum absolute atomic E-state index is 12.0. The summed E-state index contributed by atoms with van der Waals surface area (Å²) in [6.45, 7) is 4.07. The first-order valence-corrected chi connectivity index (χ1v) is 7.49. The summed E-state index contributed by atoms with van der Waals surface area (Å²) >= 11 is 0. The van der Waals surface area contributed by atoms with Crippen LogP contribution >= 0.6 is 0 Å². The second kappa shape index (κ2) is 7.59. The predicted molar refractivity (Wildman–Crippen MR) is 73.1 cm³/mol. The average molecular weight is 284 g/mol. The number of amides is 1. The van der Waals surface area contributed by atoms with E-state index in [9.17, 15) is 9.59 Å². The minimum Gasteiger partial charge on any atom is -0.466 e. The highest BCUT2D eigenvalue weighted by Crippen LogP contribution is 2.25. The molecule has 2 rings (SSSR count). The smallest absolute Gasteiger partial charge is 0.308 e. The van der Waals surface area contributed by atoms with Crippen molar-refractivity contribution in [3.63, 3.8) is 0 Å². The third-order valence-corrected chi connectivity index (χ3v) is 3.93. The van der Waals surface area contributed by atoms with E-state index < -0.39 is 0 Å². The van der Waals surface area contributed by atoms with E-state index in [2.05, 4.69) is 10.6 Å². The molecule has 114 valence electrons. The standard InChI is InChI=1S/C14H24N2O4/c1-2-20-14(18)10-3-5-11(6-4-10)16-13(17)12-9-19-8-7-15-12/h10-12,15H,2-9H2,1H3,(H,16,17). The molecule has 0 aromatic rings. The normalized spacial score (nSPS) is 30.6. The Kier molecular flexibility index (Phi) is 5.79. The van der Waals surface area contributed by atoms with Crippen molar-refractivity contribution in [3.8, 4) is 0 Å². The molecule has 1 unspecified atom stereocenters. The summed E-state index contributed by atoms with van der Waals surface area (Å²) in [6, 6.07) is -0.0802. The Morgan fingerprint density at radius 1 is 1.30 bits per heavy atom. The first-order chi connectivity index (χ1) is 9.70. The van der Waals surface area contributed by atoms with Gasteiger partial charge in [0, 0.05) is 12.6 Å². The second-order valence-corrected chi connectivity index (χ2v) is 5.39. The minimum absolute atomic E-state index is 0.000703. The maximum atomic E-state index is 12.0. The van der Waals surface area contributed by atoms with Crippen molar-refractivity contribution in [2.45, 2.75) is 44.7 Å². The molecule has 0 aromatic heterocycles. The largest absolute Gasteiger partial charge is 0.466 e. The highest BCUT2D eigenvalue weighted by Gasteiger charge is 2.29. The Bertz CT molecular complexity index is 334. The van der Waals surface area contributed by atoms with Gasteiger partial charge >= 0.3 is 5.97 Å². The van der Waals surface area contributed by atoms with Crippen LogP contribution in [-0.4, -0.2) is 50.3 Å². The molecule has 6 nitrogen and oxygen atoms in total. The van der Waals surface area contributed by atoms with Gasteiger partial charge in [0.05, 0.1) is 25.7 Å². The van der Waals surface area contributed by atoms with E-state index in [0.29, 0.717) is 26.4 Å². The number of hydrogen-bond donors (Lipinski definition) is 2. The van der Waals surface area contributed by atoms with E-state index in [-0.39, 0.29) is 29.9 Å². The Balaban J connectivity index is 1.71. The van der Waals surface area contributed by atoms with Crippen molar-refractivity contribution in [2.75, 3.05) is 26.4 Å². The molecule has 1 amide bonds. The second-order valence-electron chi connectivity index (χ2n) is 5.39. The van der Waals surface area contributed by atoms with E-state index in [1.54, 1.807) is 0 Å². The number of rotatable bonds is 4. The SMILES string of the molecule is CCOC(=O)C1CCC(NC(=O)C2COCCN2)CC1. The Labute approximate surface area is 119 Å². The van der Waals surface area contributed by atoms with E-state index in [0.717, 1.165) is 25.7 Å². The van der Waals surface area contributed by atoms with Crippen molar-refractivity contribution < 1.29 is 19.1 Å². The molecule has 0 spiro atoms. The van der Waals surface area contributed by atoms with Gasteiger partial charge in [-0.2, -0.15) is 0 Å². The quantitative estimate of drug-likeness (QED) is 0.722. The first-order valence-electron chi connectivity index (χ1n) is 7.49. The van der Waals surface area contributed by atoms with Crippen LogP contribution in [0.2, 0.25) is 0 Å². The third kappa shape index (κ3) is 4.18. The summed E-state index contributed by atoms with van der Waals surface area (Å²) in [4.78, 5) is 23.7. The lowest BCUT2D eigenvalue weighted by molar-refractivity contribution is -0.149. The molecule has 1 aliphatic heterocycles. The fourth-order valence-electron chi connectivity index (χ4n) is 2.77. The Morgan fingerprint density at radius 3 is 2.65 bits per heavy atom. The molecule has 2 fully saturated rings. The highest BCUT2D eigenvalue weighted by atomic mass is 16.5. The third-order valence-electron chi connectivity index (χ3n) is 3.93. The zero-order valence-electron chi connectivity index (χ0n) is 12.0. The van der Waals surface area contributed by atoms with Crippen LogP contribution in [0.5, 0.6) is 0 Å². The highest BCUT2D eigenvalue weighted by molar-refractivity contribution is 5.82. The van der Waals surface area contributed by atoms with Crippen molar-refractivity contribution in [2.24, 2.45) is 5.92 Å². The van der Waals surface area contributed by atoms with Crippen molar-refractivity contribution in [1.29, 1.82) is 0 Å². The van der Waals surface area contributed by atoms with Gasteiger partial charge in [-0.05, 0) is 32.6 Å². The van der Waals surface area contributed by atoms with Gasteiger partial charge in [0.25, 0.3) is 0 Å². The topological polar surface area (TPSA) is 76.7 Å². The number of morpholine rings is 1. The van der Waals surface area contributed by atoms with Crippen molar-refractivity contribution >= 4 is 11.9 Å². The summed E-state index contributed by atoms with van der Waals surface area (Å²) in [5.74, 6) is -0.0943. The molecule has 20 heavy (non-hydrogen) atoms. The van der Waals surface area contributed by atoms with Crippen LogP contribution in [0.1, 0.15) is 32.6 Å². The zero-order chi connectivity index (χ0) is 14.4. The summed E-state index contributed by atoms with van der Waals surface area (Å²) in [7, 11) is 0. The molecule has 0 bridgehead atoms. The van der Waals surface area contributed by atoms with Crippen LogP contribution in [0.25, 0.3) is 0 Å². The molecule has 1 saturated carbocycles. The number of nitrogens with one attached hydrogen (secondary N) is 2. The van der Waals surface area contributed by atoms with Gasteiger partial charge < -0.3 is 20.1 Å². The van der Waals surface area contributed by atoms with Crippen molar-refractivity contribution in [3.05, 3.63) is 0 Å². The summed E-state index contributed by atoms with van der Waals surface area (Å²) in [6.07, 6.45) is 3.25. The molecule has 1 saturated heterocycles. The number of hydrogen-bond acceptors (Lipinski definition) is 5. The summed E-state index contributed by atoms with van der Waals surface area (Å²) in [5, 5.41) is 6.19. The van der Waals surface area contributed by atoms with E-state index >= 15 is 0 Å². The molecule has 2 N–H and O–H groups in total. The number of esters is 1. The molecule has 1 heterocycles. The van der Waals surface area contributed by atoms with Gasteiger partial charge in [-0.15, -0.1) is 0 Å². The number of ether oxygens (including phenoxy) is 2. The van der Waals surface area contributed by atoms with Crippen LogP contribution in [-0.2, 0) is 19.1 Å². The number of carbonyl (C=O) groups excluding carboxylic acids is 2. The maximum Gasteiger partial charge on any atom is 0.308 e. The van der Waals surface area contributed by atoms with Crippen LogP contribution in [0.4, 0.5) is 0 Å².